The molecule has 234 valence electrons. The summed E-state index contributed by atoms with van der Waals surface area (Å²) in [6.45, 7) is 9.29. The number of aromatic amines is 1. The van der Waals surface area contributed by atoms with Gasteiger partial charge in [-0.25, -0.2) is 4.98 Å². The van der Waals surface area contributed by atoms with Gasteiger partial charge in [-0.3, -0.25) is 4.90 Å². The molecule has 9 nitrogen and oxygen atoms in total. The summed E-state index contributed by atoms with van der Waals surface area (Å²) in [5.41, 5.74) is 7.66. The van der Waals surface area contributed by atoms with E-state index in [0.29, 0.717) is 30.7 Å². The van der Waals surface area contributed by atoms with Gasteiger partial charge in [-0.1, -0.05) is 97.7 Å². The lowest BCUT2D eigenvalue weighted by Crippen LogP contribution is -2.43. The number of H-pyrrole nitrogens is 1. The van der Waals surface area contributed by atoms with Crippen molar-refractivity contribution in [3.8, 4) is 22.5 Å². The Kier molecular flexibility index (Phi) is 10.3. The first-order valence-electron chi connectivity index (χ1n) is 15.8. The predicted octanol–water partition coefficient (Wildman–Crippen LogP) is 6.24. The van der Waals surface area contributed by atoms with Gasteiger partial charge in [0.2, 0.25) is 5.82 Å². The molecule has 0 unspecified atom stereocenters. The maximum atomic E-state index is 6.73. The minimum absolute atomic E-state index is 0.400. The van der Waals surface area contributed by atoms with E-state index in [-0.39, 0.29) is 0 Å². The summed E-state index contributed by atoms with van der Waals surface area (Å²) in [7, 11) is 2.19. The van der Waals surface area contributed by atoms with Crippen LogP contribution in [0.1, 0.15) is 48.0 Å². The number of unbranched alkanes of at least 4 members (excludes halogenated alkanes) is 1. The second-order valence-corrected chi connectivity index (χ2v) is 12.2. The van der Waals surface area contributed by atoms with E-state index in [2.05, 4.69) is 104 Å². The van der Waals surface area contributed by atoms with Crippen LogP contribution in [-0.2, 0) is 37.5 Å². The molecule has 1 aliphatic rings. The largest absolute Gasteiger partial charge is 0.370 e. The van der Waals surface area contributed by atoms with Gasteiger partial charge < -0.3 is 14.2 Å². The molecule has 1 N–H and O–H groups in total. The maximum Gasteiger partial charge on any atom is 0.205 e. The van der Waals surface area contributed by atoms with Crippen LogP contribution in [0.15, 0.2) is 72.8 Å². The molecule has 5 aromatic rings. The maximum absolute atomic E-state index is 6.73. The summed E-state index contributed by atoms with van der Waals surface area (Å²) in [6, 6.07) is 25.5. The van der Waals surface area contributed by atoms with E-state index in [1.165, 1.54) is 11.1 Å². The number of tetrazole rings is 1. The van der Waals surface area contributed by atoms with Crippen molar-refractivity contribution in [1.82, 2.24) is 40.0 Å². The third-order valence-electron chi connectivity index (χ3n) is 8.51. The Morgan fingerprint density at radius 2 is 1.51 bits per heavy atom. The van der Waals surface area contributed by atoms with Gasteiger partial charge in [-0.05, 0) is 46.5 Å². The van der Waals surface area contributed by atoms with Crippen molar-refractivity contribution in [2.75, 3.05) is 33.2 Å². The molecular formula is C35H41ClN8O. The van der Waals surface area contributed by atoms with Crippen molar-refractivity contribution < 1.29 is 4.74 Å². The van der Waals surface area contributed by atoms with Crippen LogP contribution in [0.4, 0.5) is 0 Å². The number of hydrogen-bond acceptors (Lipinski definition) is 7. The smallest absolute Gasteiger partial charge is 0.205 e. The molecule has 3 heterocycles. The number of nitrogens with zero attached hydrogens (tertiary/aromatic N) is 7. The first kappa shape index (κ1) is 31.1. The van der Waals surface area contributed by atoms with E-state index in [9.17, 15) is 0 Å². The fourth-order valence-corrected chi connectivity index (χ4v) is 6.06. The molecule has 2 aromatic heterocycles. The van der Waals surface area contributed by atoms with Crippen LogP contribution in [0.2, 0.25) is 5.15 Å². The molecule has 1 aliphatic heterocycles. The number of likely N-dealkylation sites (N-methyl/N-ethyl adjacent to an activating group) is 1. The third kappa shape index (κ3) is 7.86. The van der Waals surface area contributed by atoms with E-state index < -0.39 is 0 Å². The molecule has 6 rings (SSSR count). The summed E-state index contributed by atoms with van der Waals surface area (Å²) in [6.07, 6.45) is 3.02. The standard InChI is InChI=1S/C35H41ClN8O/c1-3-4-9-33-37-34(36)32(25-45-24-28-12-10-26(11-13-28)22-43-20-18-42(2)19-21-43)44(33)23-27-14-16-29(17-15-27)30-7-5-6-8-31(30)35-38-40-41-39-35/h5-8,10-17H,3-4,9,18-25H2,1-2H3,(H,38,39,40,41). The topological polar surface area (TPSA) is 88.0 Å². The van der Waals surface area contributed by atoms with Crippen molar-refractivity contribution in [3.05, 3.63) is 106 Å². The molecule has 0 aliphatic carbocycles. The van der Waals surface area contributed by atoms with Crippen molar-refractivity contribution >= 4 is 11.6 Å². The van der Waals surface area contributed by atoms with Crippen LogP contribution in [0.5, 0.6) is 0 Å². The third-order valence-corrected chi connectivity index (χ3v) is 8.81. The normalized spacial score (nSPS) is 14.3. The SMILES string of the molecule is CCCCc1nc(Cl)c(COCc2ccc(CN3CCN(C)CC3)cc2)n1Cc1ccc(-c2ccccc2-c2nn[nH]n2)cc1. The molecule has 0 atom stereocenters. The number of imidazole rings is 1. The number of halogens is 1. The van der Waals surface area contributed by atoms with Crippen molar-refractivity contribution in [2.45, 2.75) is 52.5 Å². The van der Waals surface area contributed by atoms with Gasteiger partial charge in [0.1, 0.15) is 5.82 Å². The molecule has 0 spiro atoms. The van der Waals surface area contributed by atoms with E-state index in [4.69, 9.17) is 21.3 Å². The first-order valence-corrected chi connectivity index (χ1v) is 16.2. The Bertz CT molecular complexity index is 1640. The molecule has 1 saturated heterocycles. The summed E-state index contributed by atoms with van der Waals surface area (Å²) in [4.78, 5) is 9.67. The zero-order chi connectivity index (χ0) is 31.0. The highest BCUT2D eigenvalue weighted by Crippen LogP contribution is 2.30. The number of aryl methyl sites for hydroxylation is 1. The highest BCUT2D eigenvalue weighted by atomic mass is 35.5. The number of rotatable bonds is 13. The predicted molar refractivity (Wildman–Crippen MR) is 178 cm³/mol. The van der Waals surface area contributed by atoms with Crippen molar-refractivity contribution in [2.24, 2.45) is 0 Å². The highest BCUT2D eigenvalue weighted by Gasteiger charge is 2.18. The Morgan fingerprint density at radius 3 is 2.22 bits per heavy atom. The number of aromatic nitrogens is 6. The Balaban J connectivity index is 1.12. The Hall–Kier alpha value is -3.89. The quantitative estimate of drug-likeness (QED) is 0.166. The van der Waals surface area contributed by atoms with E-state index >= 15 is 0 Å². The molecule has 0 amide bonds. The van der Waals surface area contributed by atoms with E-state index in [1.54, 1.807) is 0 Å². The average molecular weight is 625 g/mol. The highest BCUT2D eigenvalue weighted by molar-refractivity contribution is 6.30. The van der Waals surface area contributed by atoms with Crippen LogP contribution in [0.3, 0.4) is 0 Å². The fraction of sp³-hybridized carbons (Fsp3) is 0.371. The molecule has 1 fully saturated rings. The first-order chi connectivity index (χ1) is 22.1. The summed E-state index contributed by atoms with van der Waals surface area (Å²) in [5.74, 6) is 1.58. The number of benzene rings is 3. The van der Waals surface area contributed by atoms with Gasteiger partial charge in [-0.2, -0.15) is 5.21 Å². The lowest BCUT2D eigenvalue weighted by atomic mass is 9.98. The molecule has 0 radical (unpaired) electrons. The van der Waals surface area contributed by atoms with Gasteiger partial charge in [0.05, 0.1) is 18.9 Å². The Labute approximate surface area is 270 Å². The molecular weight excluding hydrogens is 584 g/mol. The summed E-state index contributed by atoms with van der Waals surface area (Å²) in [5, 5.41) is 15.2. The molecule has 10 heteroatoms. The van der Waals surface area contributed by atoms with Gasteiger partial charge in [0.15, 0.2) is 5.15 Å². The van der Waals surface area contributed by atoms with Crippen LogP contribution in [0.25, 0.3) is 22.5 Å². The number of piperazine rings is 1. The van der Waals surface area contributed by atoms with Gasteiger partial charge in [0.25, 0.3) is 0 Å². The number of ether oxygens (including phenoxy) is 1. The second-order valence-electron chi connectivity index (χ2n) is 11.8. The second kappa shape index (κ2) is 14.9. The lowest BCUT2D eigenvalue weighted by Gasteiger charge is -2.32. The van der Waals surface area contributed by atoms with Crippen LogP contribution in [-0.4, -0.2) is 73.2 Å². The fourth-order valence-electron chi connectivity index (χ4n) is 5.80. The van der Waals surface area contributed by atoms with Crippen LogP contribution in [0, 0.1) is 0 Å². The number of hydrogen-bond donors (Lipinski definition) is 1. The molecule has 0 bridgehead atoms. The zero-order valence-electron chi connectivity index (χ0n) is 26.1. The summed E-state index contributed by atoms with van der Waals surface area (Å²) < 4.78 is 8.46. The lowest BCUT2D eigenvalue weighted by molar-refractivity contribution is 0.102. The zero-order valence-corrected chi connectivity index (χ0v) is 26.9. The van der Waals surface area contributed by atoms with Crippen molar-refractivity contribution in [1.29, 1.82) is 0 Å². The Morgan fingerprint density at radius 1 is 0.822 bits per heavy atom. The summed E-state index contributed by atoms with van der Waals surface area (Å²) >= 11 is 6.73. The minimum atomic E-state index is 0.400. The van der Waals surface area contributed by atoms with Gasteiger partial charge in [-0.15, -0.1) is 10.2 Å². The van der Waals surface area contributed by atoms with Gasteiger partial charge >= 0.3 is 0 Å². The minimum Gasteiger partial charge on any atom is -0.370 e. The van der Waals surface area contributed by atoms with Crippen LogP contribution >= 0.6 is 11.6 Å². The molecule has 0 saturated carbocycles. The average Bonchev–Trinajstić information content (AvgIpc) is 3.71. The van der Waals surface area contributed by atoms with E-state index in [0.717, 1.165) is 85.8 Å². The monoisotopic (exact) mass is 624 g/mol. The van der Waals surface area contributed by atoms with Gasteiger partial charge in [0, 0.05) is 51.3 Å². The van der Waals surface area contributed by atoms with Crippen molar-refractivity contribution in [3.63, 3.8) is 0 Å². The molecule has 45 heavy (non-hydrogen) atoms. The number of nitrogens with one attached hydrogen (secondary N) is 1. The molecule has 3 aromatic carbocycles. The van der Waals surface area contributed by atoms with E-state index in [1.807, 2.05) is 18.2 Å². The van der Waals surface area contributed by atoms with Crippen LogP contribution < -0.4 is 0 Å².